The average molecular weight is 425 g/mol. The van der Waals surface area contributed by atoms with E-state index in [2.05, 4.69) is 21.0 Å². The van der Waals surface area contributed by atoms with E-state index in [4.69, 9.17) is 16.3 Å². The largest absolute Gasteiger partial charge is 0.446 e. The Labute approximate surface area is 156 Å². The van der Waals surface area contributed by atoms with Gasteiger partial charge in [0.15, 0.2) is 0 Å². The van der Waals surface area contributed by atoms with Crippen molar-refractivity contribution in [3.63, 3.8) is 0 Å². The van der Waals surface area contributed by atoms with Crippen molar-refractivity contribution in [3.05, 3.63) is 73.2 Å². The molecule has 2 aromatic rings. The fraction of sp³-hybridized carbons (Fsp3) is 0.125. The van der Waals surface area contributed by atoms with Crippen molar-refractivity contribution >= 4 is 45.0 Å². The van der Waals surface area contributed by atoms with Gasteiger partial charge in [-0.25, -0.2) is 0 Å². The maximum atomic E-state index is 11.9. The van der Waals surface area contributed by atoms with E-state index < -0.39 is 11.2 Å². The fourth-order valence-electron chi connectivity index (χ4n) is 2.34. The summed E-state index contributed by atoms with van der Waals surface area (Å²) in [6.45, 7) is 1.36. The van der Waals surface area contributed by atoms with Crippen LogP contribution < -0.4 is 0 Å². The number of carbonyl (C=O) groups is 1. The van der Waals surface area contributed by atoms with E-state index in [1.807, 2.05) is 6.07 Å². The number of hydrogen-bond acceptors (Lipinski definition) is 5. The standard InChI is InChI=1S/C16H11BrClN3O4/c1-9(22)20-16(10-3-2-4-11(17)7-10)25-15(19-20)13-8-12(21(23)24)5-6-14(13)18/h2-8,16H,1H3. The second-order valence-corrected chi connectivity index (χ2v) is 6.54. The van der Waals surface area contributed by atoms with Crippen LogP contribution in [-0.4, -0.2) is 21.7 Å². The molecule has 0 saturated carbocycles. The number of nitrogens with zero attached hydrogens (tertiary/aromatic N) is 3. The molecule has 1 atom stereocenters. The molecule has 1 heterocycles. The van der Waals surface area contributed by atoms with E-state index in [0.29, 0.717) is 5.56 Å². The highest BCUT2D eigenvalue weighted by molar-refractivity contribution is 9.10. The lowest BCUT2D eigenvalue weighted by molar-refractivity contribution is -0.384. The Morgan fingerprint density at radius 1 is 1.36 bits per heavy atom. The number of nitro groups is 1. The molecule has 1 aliphatic heterocycles. The van der Waals surface area contributed by atoms with Gasteiger partial charge in [-0.2, -0.15) is 5.01 Å². The summed E-state index contributed by atoms with van der Waals surface area (Å²) in [5.74, 6) is -0.282. The van der Waals surface area contributed by atoms with Crippen molar-refractivity contribution < 1.29 is 14.5 Å². The van der Waals surface area contributed by atoms with Crippen LogP contribution in [0.15, 0.2) is 52.0 Å². The van der Waals surface area contributed by atoms with Gasteiger partial charge in [0.25, 0.3) is 5.69 Å². The zero-order chi connectivity index (χ0) is 18.1. The molecule has 3 rings (SSSR count). The quantitative estimate of drug-likeness (QED) is 0.544. The molecule has 0 fully saturated rings. The first-order valence-corrected chi connectivity index (χ1v) is 8.29. The first-order valence-electron chi connectivity index (χ1n) is 7.11. The van der Waals surface area contributed by atoms with Gasteiger partial charge in [0.05, 0.1) is 15.5 Å². The topological polar surface area (TPSA) is 85.0 Å². The number of hydrazone groups is 1. The average Bonchev–Trinajstić information content (AvgIpc) is 3.00. The van der Waals surface area contributed by atoms with Crippen LogP contribution in [0.25, 0.3) is 0 Å². The van der Waals surface area contributed by atoms with Gasteiger partial charge in [-0.05, 0) is 18.2 Å². The van der Waals surface area contributed by atoms with Gasteiger partial charge in [-0.1, -0.05) is 39.7 Å². The molecule has 7 nitrogen and oxygen atoms in total. The molecule has 0 radical (unpaired) electrons. The Kier molecular flexibility index (Phi) is 4.73. The van der Waals surface area contributed by atoms with Crippen LogP contribution in [0.2, 0.25) is 5.02 Å². The second kappa shape index (κ2) is 6.81. The molecule has 1 amide bonds. The Balaban J connectivity index is 2.02. The SMILES string of the molecule is CC(=O)N1N=C(c2cc([N+](=O)[O-])ccc2Cl)OC1c1cccc(Br)c1. The van der Waals surface area contributed by atoms with Crippen LogP contribution in [0.4, 0.5) is 5.69 Å². The summed E-state index contributed by atoms with van der Waals surface area (Å²) in [6, 6.07) is 11.2. The van der Waals surface area contributed by atoms with E-state index in [-0.39, 0.29) is 28.1 Å². The minimum absolute atomic E-state index is 0.0499. The summed E-state index contributed by atoms with van der Waals surface area (Å²) in [6.07, 6.45) is -0.777. The number of benzene rings is 2. The van der Waals surface area contributed by atoms with Crippen LogP contribution in [0.3, 0.4) is 0 Å². The normalized spacial score (nSPS) is 16.4. The molecule has 0 bridgehead atoms. The number of hydrogen-bond donors (Lipinski definition) is 0. The summed E-state index contributed by atoms with van der Waals surface area (Å²) >= 11 is 9.50. The Hall–Kier alpha value is -2.45. The number of ether oxygens (including phenoxy) is 1. The van der Waals surface area contributed by atoms with Gasteiger partial charge < -0.3 is 4.74 Å². The van der Waals surface area contributed by atoms with E-state index in [1.54, 1.807) is 18.2 Å². The molecule has 1 unspecified atom stereocenters. The van der Waals surface area contributed by atoms with E-state index in [0.717, 1.165) is 4.47 Å². The van der Waals surface area contributed by atoms with Crippen LogP contribution in [0.1, 0.15) is 24.3 Å². The summed E-state index contributed by atoms with van der Waals surface area (Å²) in [5, 5.41) is 16.6. The summed E-state index contributed by atoms with van der Waals surface area (Å²) in [4.78, 5) is 22.4. The van der Waals surface area contributed by atoms with Crippen LogP contribution in [0.5, 0.6) is 0 Å². The molecular weight excluding hydrogens is 414 g/mol. The molecule has 0 N–H and O–H groups in total. The lowest BCUT2D eigenvalue weighted by Crippen LogP contribution is -2.25. The number of halogens is 2. The van der Waals surface area contributed by atoms with Crippen molar-refractivity contribution in [2.24, 2.45) is 5.10 Å². The highest BCUT2D eigenvalue weighted by Crippen LogP contribution is 2.34. The predicted molar refractivity (Wildman–Crippen MR) is 95.1 cm³/mol. The number of carbonyl (C=O) groups excluding carboxylic acids is 1. The van der Waals surface area contributed by atoms with Gasteiger partial charge in [-0.3, -0.25) is 14.9 Å². The molecule has 0 spiro atoms. The van der Waals surface area contributed by atoms with E-state index in [9.17, 15) is 14.9 Å². The molecule has 0 aromatic heterocycles. The molecule has 1 aliphatic rings. The Morgan fingerprint density at radius 2 is 2.12 bits per heavy atom. The van der Waals surface area contributed by atoms with Gasteiger partial charge in [0, 0.05) is 29.1 Å². The zero-order valence-corrected chi connectivity index (χ0v) is 15.2. The van der Waals surface area contributed by atoms with Crippen molar-refractivity contribution in [2.75, 3.05) is 0 Å². The molecule has 128 valence electrons. The van der Waals surface area contributed by atoms with Crippen molar-refractivity contribution in [1.29, 1.82) is 0 Å². The highest BCUT2D eigenvalue weighted by atomic mass is 79.9. The summed E-state index contributed by atoms with van der Waals surface area (Å²) in [7, 11) is 0. The fourth-order valence-corrected chi connectivity index (χ4v) is 2.96. The van der Waals surface area contributed by atoms with E-state index in [1.165, 1.54) is 30.1 Å². The Bertz CT molecular complexity index is 903. The number of rotatable bonds is 3. The number of non-ortho nitro benzene ring substituents is 1. The lowest BCUT2D eigenvalue weighted by Gasteiger charge is -2.19. The van der Waals surface area contributed by atoms with Gasteiger partial charge >= 0.3 is 0 Å². The van der Waals surface area contributed by atoms with E-state index >= 15 is 0 Å². The van der Waals surface area contributed by atoms with Crippen molar-refractivity contribution in [2.45, 2.75) is 13.2 Å². The first-order chi connectivity index (χ1) is 11.9. The zero-order valence-electron chi connectivity index (χ0n) is 12.8. The molecule has 25 heavy (non-hydrogen) atoms. The smallest absolute Gasteiger partial charge is 0.270 e. The minimum atomic E-state index is -0.777. The summed E-state index contributed by atoms with van der Waals surface area (Å²) in [5.41, 5.74) is 0.801. The molecule has 0 saturated heterocycles. The van der Waals surface area contributed by atoms with Crippen molar-refractivity contribution in [3.8, 4) is 0 Å². The Morgan fingerprint density at radius 3 is 2.76 bits per heavy atom. The van der Waals surface area contributed by atoms with Crippen LogP contribution >= 0.6 is 27.5 Å². The van der Waals surface area contributed by atoms with Crippen LogP contribution in [-0.2, 0) is 9.53 Å². The maximum absolute atomic E-state index is 11.9. The van der Waals surface area contributed by atoms with Gasteiger partial charge in [-0.15, -0.1) is 5.10 Å². The highest BCUT2D eigenvalue weighted by Gasteiger charge is 2.34. The predicted octanol–water partition coefficient (Wildman–Crippen LogP) is 4.25. The lowest BCUT2D eigenvalue weighted by atomic mass is 10.2. The third kappa shape index (κ3) is 3.49. The maximum Gasteiger partial charge on any atom is 0.270 e. The van der Waals surface area contributed by atoms with Crippen molar-refractivity contribution in [1.82, 2.24) is 5.01 Å². The minimum Gasteiger partial charge on any atom is -0.446 e. The summed E-state index contributed by atoms with van der Waals surface area (Å²) < 4.78 is 6.62. The van der Waals surface area contributed by atoms with Gasteiger partial charge in [0.1, 0.15) is 0 Å². The third-order valence-electron chi connectivity index (χ3n) is 3.49. The number of nitro benzene ring substituents is 1. The molecular formula is C16H11BrClN3O4. The molecule has 2 aromatic carbocycles. The third-order valence-corrected chi connectivity index (χ3v) is 4.31. The monoisotopic (exact) mass is 423 g/mol. The second-order valence-electron chi connectivity index (χ2n) is 5.22. The van der Waals surface area contributed by atoms with Crippen LogP contribution in [0, 0.1) is 10.1 Å². The van der Waals surface area contributed by atoms with Gasteiger partial charge in [0.2, 0.25) is 18.0 Å². The molecule has 0 aliphatic carbocycles. The first kappa shape index (κ1) is 17.4. The number of amides is 1. The molecule has 9 heteroatoms.